The fraction of sp³-hybridized carbons (Fsp3) is 0.348. The van der Waals surface area contributed by atoms with E-state index in [1.807, 2.05) is 39.8 Å². The second kappa shape index (κ2) is 8.62. The van der Waals surface area contributed by atoms with Gasteiger partial charge in [-0.1, -0.05) is 31.5 Å². The van der Waals surface area contributed by atoms with Crippen LogP contribution in [0.15, 0.2) is 41.3 Å². The minimum absolute atomic E-state index is 0.185. The van der Waals surface area contributed by atoms with Gasteiger partial charge in [-0.25, -0.2) is 8.42 Å². The number of aryl methyl sites for hydroxylation is 3. The van der Waals surface area contributed by atoms with E-state index in [9.17, 15) is 13.2 Å². The highest BCUT2D eigenvalue weighted by atomic mass is 32.2. The lowest BCUT2D eigenvalue weighted by Gasteiger charge is -2.20. The van der Waals surface area contributed by atoms with Gasteiger partial charge in [0.2, 0.25) is 15.9 Å². The smallest absolute Gasteiger partial charge is 0.243 e. The van der Waals surface area contributed by atoms with Crippen LogP contribution in [0.1, 0.15) is 36.2 Å². The molecule has 0 fully saturated rings. The maximum Gasteiger partial charge on any atom is 0.243 e. The van der Waals surface area contributed by atoms with Crippen LogP contribution in [0.25, 0.3) is 10.9 Å². The van der Waals surface area contributed by atoms with Gasteiger partial charge in [0.25, 0.3) is 0 Å². The highest BCUT2D eigenvalue weighted by molar-refractivity contribution is 7.89. The van der Waals surface area contributed by atoms with Crippen molar-refractivity contribution in [2.45, 2.75) is 45.9 Å². The summed E-state index contributed by atoms with van der Waals surface area (Å²) in [7, 11) is -3.60. The Morgan fingerprint density at radius 1 is 1.03 bits per heavy atom. The molecule has 7 heteroatoms. The molecule has 0 aliphatic rings. The number of fused-ring (bicyclic) bond motifs is 1. The molecule has 6 nitrogen and oxygen atoms in total. The SMILES string of the molecule is CCN(CC)S(=O)(=O)c1cc(NC(=O)Cc2c(C)[nH]c3ccc(C)cc23)ccc1C. The molecule has 3 rings (SSSR count). The van der Waals surface area contributed by atoms with Crippen LogP contribution in [-0.4, -0.2) is 36.7 Å². The number of benzene rings is 2. The molecule has 0 saturated carbocycles. The molecule has 0 saturated heterocycles. The van der Waals surface area contributed by atoms with E-state index in [0.29, 0.717) is 24.3 Å². The molecule has 0 atom stereocenters. The molecule has 0 radical (unpaired) electrons. The van der Waals surface area contributed by atoms with E-state index in [2.05, 4.69) is 16.4 Å². The molecule has 0 spiro atoms. The number of hydrogen-bond donors (Lipinski definition) is 2. The molecule has 3 aromatic rings. The van der Waals surface area contributed by atoms with Crippen LogP contribution in [0.5, 0.6) is 0 Å². The number of aromatic nitrogens is 1. The normalized spacial score (nSPS) is 11.9. The lowest BCUT2D eigenvalue weighted by molar-refractivity contribution is -0.115. The molecule has 1 aromatic heterocycles. The predicted octanol–water partition coefficient (Wildman–Crippen LogP) is 4.30. The number of nitrogens with zero attached hydrogens (tertiary/aromatic N) is 1. The Kier molecular flexibility index (Phi) is 6.33. The summed E-state index contributed by atoms with van der Waals surface area (Å²) < 4.78 is 27.3. The van der Waals surface area contributed by atoms with E-state index in [1.165, 1.54) is 4.31 Å². The fourth-order valence-electron chi connectivity index (χ4n) is 3.75. The van der Waals surface area contributed by atoms with Crippen LogP contribution in [0, 0.1) is 20.8 Å². The van der Waals surface area contributed by atoms with E-state index in [4.69, 9.17) is 0 Å². The van der Waals surface area contributed by atoms with E-state index < -0.39 is 10.0 Å². The Bertz CT molecular complexity index is 1190. The van der Waals surface area contributed by atoms with Crippen LogP contribution in [0.2, 0.25) is 0 Å². The quantitative estimate of drug-likeness (QED) is 0.590. The van der Waals surface area contributed by atoms with Gasteiger partial charge >= 0.3 is 0 Å². The minimum atomic E-state index is -3.60. The van der Waals surface area contributed by atoms with Crippen LogP contribution in [0.3, 0.4) is 0 Å². The molecule has 0 unspecified atom stereocenters. The summed E-state index contributed by atoms with van der Waals surface area (Å²) >= 11 is 0. The van der Waals surface area contributed by atoms with Crippen molar-refractivity contribution in [2.75, 3.05) is 18.4 Å². The van der Waals surface area contributed by atoms with Gasteiger partial charge in [0.1, 0.15) is 0 Å². The first-order valence-electron chi connectivity index (χ1n) is 10.2. The molecule has 0 aliphatic heterocycles. The second-order valence-corrected chi connectivity index (χ2v) is 9.48. The topological polar surface area (TPSA) is 82.3 Å². The zero-order chi connectivity index (χ0) is 22.1. The molecule has 2 aromatic carbocycles. The summed E-state index contributed by atoms with van der Waals surface area (Å²) in [6.45, 7) is 10.2. The molecule has 2 N–H and O–H groups in total. The average Bonchev–Trinajstić information content (AvgIpc) is 2.98. The van der Waals surface area contributed by atoms with Crippen molar-refractivity contribution in [3.05, 3.63) is 58.8 Å². The Balaban J connectivity index is 1.87. The molecule has 0 aliphatic carbocycles. The number of H-pyrrole nitrogens is 1. The largest absolute Gasteiger partial charge is 0.358 e. The van der Waals surface area contributed by atoms with Crippen LogP contribution in [0.4, 0.5) is 5.69 Å². The lowest BCUT2D eigenvalue weighted by atomic mass is 10.1. The number of anilines is 1. The lowest BCUT2D eigenvalue weighted by Crippen LogP contribution is -2.31. The van der Waals surface area contributed by atoms with Gasteiger partial charge in [0, 0.05) is 35.4 Å². The third-order valence-corrected chi connectivity index (χ3v) is 7.60. The van der Waals surface area contributed by atoms with Gasteiger partial charge in [0.15, 0.2) is 0 Å². The maximum absolute atomic E-state index is 12.9. The Morgan fingerprint density at radius 3 is 2.40 bits per heavy atom. The summed E-state index contributed by atoms with van der Waals surface area (Å²) in [5.74, 6) is -0.185. The Hall–Kier alpha value is -2.64. The van der Waals surface area contributed by atoms with Gasteiger partial charge in [-0.3, -0.25) is 4.79 Å². The number of rotatable bonds is 7. The first-order chi connectivity index (χ1) is 14.2. The van der Waals surface area contributed by atoms with Gasteiger partial charge < -0.3 is 10.3 Å². The monoisotopic (exact) mass is 427 g/mol. The summed E-state index contributed by atoms with van der Waals surface area (Å²) in [6, 6.07) is 11.1. The Morgan fingerprint density at radius 2 is 1.73 bits per heavy atom. The number of nitrogens with one attached hydrogen (secondary N) is 2. The molecule has 1 heterocycles. The summed E-state index contributed by atoms with van der Waals surface area (Å²) in [4.78, 5) is 16.3. The van der Waals surface area contributed by atoms with E-state index in [1.54, 1.807) is 25.1 Å². The number of amides is 1. The van der Waals surface area contributed by atoms with Crippen molar-refractivity contribution in [3.63, 3.8) is 0 Å². The molecule has 0 bridgehead atoms. The van der Waals surface area contributed by atoms with Gasteiger partial charge in [-0.05, 0) is 56.2 Å². The van der Waals surface area contributed by atoms with Gasteiger partial charge in [0.05, 0.1) is 11.3 Å². The predicted molar refractivity (Wildman–Crippen MR) is 121 cm³/mol. The first kappa shape index (κ1) is 22.1. The minimum Gasteiger partial charge on any atom is -0.358 e. The third kappa shape index (κ3) is 4.27. The number of carbonyl (C=O) groups excluding carboxylic acids is 1. The van der Waals surface area contributed by atoms with Crippen LogP contribution < -0.4 is 5.32 Å². The Labute approximate surface area is 178 Å². The van der Waals surface area contributed by atoms with E-state index >= 15 is 0 Å². The van der Waals surface area contributed by atoms with Crippen LogP contribution >= 0.6 is 0 Å². The standard InChI is InChI=1S/C23H29N3O3S/c1-6-26(7-2)30(28,29)22-13-18(10-9-16(22)4)25-23(27)14-19-17(5)24-21-11-8-15(3)12-20(19)21/h8-13,24H,6-7,14H2,1-5H3,(H,25,27). The third-order valence-electron chi connectivity index (χ3n) is 5.41. The van der Waals surface area contributed by atoms with Gasteiger partial charge in [-0.2, -0.15) is 4.31 Å². The number of sulfonamides is 1. The summed E-state index contributed by atoms with van der Waals surface area (Å²) in [6.07, 6.45) is 0.210. The highest BCUT2D eigenvalue weighted by Gasteiger charge is 2.24. The van der Waals surface area contributed by atoms with Gasteiger partial charge in [-0.15, -0.1) is 0 Å². The van der Waals surface area contributed by atoms with Crippen molar-refractivity contribution in [1.29, 1.82) is 0 Å². The van der Waals surface area contributed by atoms with E-state index in [0.717, 1.165) is 27.7 Å². The molecular weight excluding hydrogens is 398 g/mol. The summed E-state index contributed by atoms with van der Waals surface area (Å²) in [5, 5.41) is 3.90. The summed E-state index contributed by atoms with van der Waals surface area (Å²) in [5.41, 5.74) is 5.18. The molecular formula is C23H29N3O3S. The maximum atomic E-state index is 12.9. The first-order valence-corrected chi connectivity index (χ1v) is 11.6. The highest BCUT2D eigenvalue weighted by Crippen LogP contribution is 2.26. The number of carbonyl (C=O) groups is 1. The van der Waals surface area contributed by atoms with Crippen LogP contribution in [-0.2, 0) is 21.2 Å². The molecule has 30 heavy (non-hydrogen) atoms. The average molecular weight is 428 g/mol. The van der Waals surface area contributed by atoms with Crippen molar-refractivity contribution in [2.24, 2.45) is 0 Å². The fourth-order valence-corrected chi connectivity index (χ4v) is 5.46. The van der Waals surface area contributed by atoms with Crippen molar-refractivity contribution >= 4 is 32.5 Å². The number of aromatic amines is 1. The zero-order valence-electron chi connectivity index (χ0n) is 18.2. The van der Waals surface area contributed by atoms with Crippen molar-refractivity contribution < 1.29 is 13.2 Å². The number of hydrogen-bond acceptors (Lipinski definition) is 3. The zero-order valence-corrected chi connectivity index (χ0v) is 19.0. The molecule has 160 valence electrons. The van der Waals surface area contributed by atoms with Crippen molar-refractivity contribution in [3.8, 4) is 0 Å². The molecule has 1 amide bonds. The van der Waals surface area contributed by atoms with Crippen molar-refractivity contribution in [1.82, 2.24) is 9.29 Å². The second-order valence-electron chi connectivity index (χ2n) is 7.57. The van der Waals surface area contributed by atoms with E-state index in [-0.39, 0.29) is 17.2 Å².